The Kier molecular flexibility index (Phi) is 7.55. The lowest BCUT2D eigenvalue weighted by molar-refractivity contribution is -0.121. The molecule has 0 unspecified atom stereocenters. The molecular weight excluding hydrogens is 422 g/mol. The predicted octanol–water partition coefficient (Wildman–Crippen LogP) is 2.23. The van der Waals surface area contributed by atoms with Gasteiger partial charge in [-0.15, -0.1) is 0 Å². The minimum atomic E-state index is -3.64. The molecule has 0 saturated carbocycles. The van der Waals surface area contributed by atoms with Gasteiger partial charge in [0.1, 0.15) is 0 Å². The second kappa shape index (κ2) is 9.65. The van der Waals surface area contributed by atoms with Crippen molar-refractivity contribution in [1.82, 2.24) is 15.0 Å². The van der Waals surface area contributed by atoms with E-state index in [-0.39, 0.29) is 23.8 Å². The van der Waals surface area contributed by atoms with E-state index in [4.69, 9.17) is 4.74 Å². The highest BCUT2D eigenvalue weighted by atomic mass is 79.9. The van der Waals surface area contributed by atoms with Crippen LogP contribution in [0.1, 0.15) is 18.9 Å². The predicted molar refractivity (Wildman–Crippen MR) is 101 cm³/mol. The molecule has 0 aliphatic carbocycles. The van der Waals surface area contributed by atoms with Gasteiger partial charge in [0.05, 0.1) is 11.5 Å². The van der Waals surface area contributed by atoms with Crippen molar-refractivity contribution >= 4 is 31.9 Å². The van der Waals surface area contributed by atoms with E-state index in [0.717, 1.165) is 5.56 Å². The van der Waals surface area contributed by atoms with Crippen LogP contribution in [0, 0.1) is 0 Å². The van der Waals surface area contributed by atoms with Gasteiger partial charge in [-0.1, -0.05) is 22.0 Å². The standard InChI is InChI=1S/C17H20BrN3O4S/c1-2-25-17-10-13(6-8-19-17)12-20-16(22)7-9-21-26(23,24)15-5-3-4-14(18)11-15/h3-6,8,10-11,21H,2,7,9,12H2,1H3,(H,20,22). The third kappa shape index (κ3) is 6.40. The Morgan fingerprint density at radius 3 is 2.81 bits per heavy atom. The summed E-state index contributed by atoms with van der Waals surface area (Å²) in [5.74, 6) is 0.248. The van der Waals surface area contributed by atoms with Crippen molar-refractivity contribution in [2.45, 2.75) is 24.8 Å². The molecule has 2 rings (SSSR count). The summed E-state index contributed by atoms with van der Waals surface area (Å²) in [7, 11) is -3.64. The van der Waals surface area contributed by atoms with Crippen LogP contribution in [0.3, 0.4) is 0 Å². The van der Waals surface area contributed by atoms with Crippen molar-refractivity contribution in [3.8, 4) is 5.88 Å². The first kappa shape index (κ1) is 20.3. The average Bonchev–Trinajstić information content (AvgIpc) is 2.60. The molecule has 2 N–H and O–H groups in total. The molecule has 0 aliphatic rings. The van der Waals surface area contributed by atoms with Crippen molar-refractivity contribution in [1.29, 1.82) is 0 Å². The molecule has 0 aliphatic heterocycles. The second-order valence-corrected chi connectivity index (χ2v) is 8.00. The molecule has 0 atom stereocenters. The number of hydrogen-bond acceptors (Lipinski definition) is 5. The number of aromatic nitrogens is 1. The number of nitrogens with zero attached hydrogens (tertiary/aromatic N) is 1. The normalized spacial score (nSPS) is 11.2. The van der Waals surface area contributed by atoms with Crippen LogP contribution in [0.5, 0.6) is 5.88 Å². The minimum Gasteiger partial charge on any atom is -0.478 e. The largest absolute Gasteiger partial charge is 0.478 e. The van der Waals surface area contributed by atoms with Gasteiger partial charge in [0, 0.05) is 36.2 Å². The quantitative estimate of drug-likeness (QED) is 0.621. The van der Waals surface area contributed by atoms with E-state index in [1.165, 1.54) is 12.1 Å². The van der Waals surface area contributed by atoms with Gasteiger partial charge in [-0.3, -0.25) is 4.79 Å². The van der Waals surface area contributed by atoms with Crippen molar-refractivity contribution in [3.63, 3.8) is 0 Å². The molecule has 0 spiro atoms. The molecule has 0 fully saturated rings. The van der Waals surface area contributed by atoms with E-state index >= 15 is 0 Å². The topological polar surface area (TPSA) is 97.4 Å². The van der Waals surface area contributed by atoms with Gasteiger partial charge in [0.2, 0.25) is 21.8 Å². The maximum absolute atomic E-state index is 12.2. The van der Waals surface area contributed by atoms with Crippen LogP contribution in [0.4, 0.5) is 0 Å². The van der Waals surface area contributed by atoms with E-state index in [1.54, 1.807) is 30.5 Å². The van der Waals surface area contributed by atoms with E-state index in [2.05, 4.69) is 31.0 Å². The third-order valence-electron chi connectivity index (χ3n) is 3.33. The number of hydrogen-bond donors (Lipinski definition) is 2. The Bertz CT molecular complexity index is 859. The van der Waals surface area contributed by atoms with E-state index in [0.29, 0.717) is 23.5 Å². The van der Waals surface area contributed by atoms with Crippen molar-refractivity contribution < 1.29 is 17.9 Å². The first-order valence-corrected chi connectivity index (χ1v) is 10.3. The fourth-order valence-electron chi connectivity index (χ4n) is 2.09. The Morgan fingerprint density at radius 2 is 2.08 bits per heavy atom. The molecule has 7 nitrogen and oxygen atoms in total. The van der Waals surface area contributed by atoms with Crippen molar-refractivity contribution in [2.75, 3.05) is 13.2 Å². The smallest absolute Gasteiger partial charge is 0.240 e. The Balaban J connectivity index is 1.79. The summed E-state index contributed by atoms with van der Waals surface area (Å²) in [6.07, 6.45) is 1.65. The molecule has 0 bridgehead atoms. The molecule has 26 heavy (non-hydrogen) atoms. The maximum atomic E-state index is 12.2. The Morgan fingerprint density at radius 1 is 1.27 bits per heavy atom. The van der Waals surface area contributed by atoms with E-state index < -0.39 is 10.0 Å². The number of carbonyl (C=O) groups is 1. The summed E-state index contributed by atoms with van der Waals surface area (Å²) >= 11 is 3.23. The van der Waals surface area contributed by atoms with Gasteiger partial charge in [0.25, 0.3) is 0 Å². The number of sulfonamides is 1. The number of benzene rings is 1. The molecule has 1 aromatic heterocycles. The first-order valence-electron chi connectivity index (χ1n) is 8.00. The van der Waals surface area contributed by atoms with Crippen LogP contribution in [0.25, 0.3) is 0 Å². The highest BCUT2D eigenvalue weighted by Crippen LogP contribution is 2.15. The molecule has 1 amide bonds. The van der Waals surface area contributed by atoms with Gasteiger partial charge >= 0.3 is 0 Å². The van der Waals surface area contributed by atoms with Gasteiger partial charge in [-0.2, -0.15) is 0 Å². The molecule has 9 heteroatoms. The number of halogens is 1. The second-order valence-electron chi connectivity index (χ2n) is 5.32. The Hall–Kier alpha value is -1.97. The SMILES string of the molecule is CCOc1cc(CNC(=O)CCNS(=O)(=O)c2cccc(Br)c2)ccn1. The summed E-state index contributed by atoms with van der Waals surface area (Å²) in [6, 6.07) is 9.89. The summed E-state index contributed by atoms with van der Waals surface area (Å²) < 4.78 is 32.7. The fourth-order valence-corrected chi connectivity index (χ4v) is 3.72. The monoisotopic (exact) mass is 441 g/mol. The molecule has 0 radical (unpaired) electrons. The van der Waals surface area contributed by atoms with Crippen LogP contribution in [0.15, 0.2) is 52.0 Å². The number of carbonyl (C=O) groups excluding carboxylic acids is 1. The lowest BCUT2D eigenvalue weighted by Gasteiger charge is -2.09. The van der Waals surface area contributed by atoms with Gasteiger partial charge in [-0.05, 0) is 36.8 Å². The van der Waals surface area contributed by atoms with Gasteiger partial charge in [0.15, 0.2) is 0 Å². The summed E-state index contributed by atoms with van der Waals surface area (Å²) in [6.45, 7) is 2.72. The minimum absolute atomic E-state index is 0.0151. The highest BCUT2D eigenvalue weighted by Gasteiger charge is 2.14. The first-order chi connectivity index (χ1) is 12.4. The van der Waals surface area contributed by atoms with E-state index in [9.17, 15) is 13.2 Å². The van der Waals surface area contributed by atoms with Gasteiger partial charge < -0.3 is 10.1 Å². The summed E-state index contributed by atoms with van der Waals surface area (Å²) in [4.78, 5) is 16.1. The van der Waals surface area contributed by atoms with Crippen molar-refractivity contribution in [2.24, 2.45) is 0 Å². The molecule has 140 valence electrons. The third-order valence-corrected chi connectivity index (χ3v) is 5.28. The zero-order chi connectivity index (χ0) is 19.0. The summed E-state index contributed by atoms with van der Waals surface area (Å²) in [5, 5.41) is 2.74. The zero-order valence-electron chi connectivity index (χ0n) is 14.2. The average molecular weight is 442 g/mol. The van der Waals surface area contributed by atoms with E-state index in [1.807, 2.05) is 6.92 Å². The highest BCUT2D eigenvalue weighted by molar-refractivity contribution is 9.10. The molecule has 1 aromatic carbocycles. The van der Waals surface area contributed by atoms with Gasteiger partial charge in [-0.25, -0.2) is 18.1 Å². The molecule has 1 heterocycles. The lowest BCUT2D eigenvalue weighted by Crippen LogP contribution is -2.30. The van der Waals surface area contributed by atoms with Crippen molar-refractivity contribution in [3.05, 3.63) is 52.6 Å². The number of nitrogens with one attached hydrogen (secondary N) is 2. The molecular formula is C17H20BrN3O4S. The van der Waals surface area contributed by atoms with Crippen LogP contribution >= 0.6 is 15.9 Å². The van der Waals surface area contributed by atoms with Crippen LogP contribution in [0.2, 0.25) is 0 Å². The fraction of sp³-hybridized carbons (Fsp3) is 0.294. The summed E-state index contributed by atoms with van der Waals surface area (Å²) in [5.41, 5.74) is 0.853. The number of ether oxygens (including phenoxy) is 1. The van der Waals surface area contributed by atoms with Crippen LogP contribution in [-0.4, -0.2) is 32.5 Å². The number of pyridine rings is 1. The Labute approximate surface area is 161 Å². The van der Waals surface area contributed by atoms with Crippen LogP contribution < -0.4 is 14.8 Å². The molecule has 0 saturated heterocycles. The number of rotatable bonds is 9. The zero-order valence-corrected chi connectivity index (χ0v) is 16.6. The van der Waals surface area contributed by atoms with Crippen LogP contribution in [-0.2, 0) is 21.4 Å². The maximum Gasteiger partial charge on any atom is 0.240 e. The number of amides is 1. The lowest BCUT2D eigenvalue weighted by atomic mass is 10.2. The molecule has 2 aromatic rings.